The van der Waals surface area contributed by atoms with E-state index in [0.29, 0.717) is 23.4 Å². The first-order valence-corrected chi connectivity index (χ1v) is 5.11. The van der Waals surface area contributed by atoms with E-state index in [1.807, 2.05) is 6.92 Å². The fraction of sp³-hybridized carbons (Fsp3) is 0.333. The predicted molar refractivity (Wildman–Crippen MR) is 63.2 cm³/mol. The van der Waals surface area contributed by atoms with Crippen LogP contribution in [0.25, 0.3) is 11.0 Å². The van der Waals surface area contributed by atoms with Crippen molar-refractivity contribution in [2.24, 2.45) is 5.73 Å². The van der Waals surface area contributed by atoms with Crippen molar-refractivity contribution in [1.82, 2.24) is 20.2 Å². The Balaban J connectivity index is 2.51. The lowest BCUT2D eigenvalue weighted by atomic mass is 10.3. The van der Waals surface area contributed by atoms with Crippen LogP contribution in [0.4, 0.5) is 11.8 Å². The van der Waals surface area contributed by atoms with Crippen LogP contribution < -0.4 is 16.4 Å². The van der Waals surface area contributed by atoms with Crippen LogP contribution in [0.5, 0.6) is 0 Å². The van der Waals surface area contributed by atoms with Gasteiger partial charge in [-0.1, -0.05) is 0 Å². The Morgan fingerprint density at radius 3 is 2.94 bits per heavy atom. The van der Waals surface area contributed by atoms with Crippen molar-refractivity contribution in [2.75, 3.05) is 23.7 Å². The number of nitrogen functional groups attached to an aromatic ring is 1. The summed E-state index contributed by atoms with van der Waals surface area (Å²) in [5.74, 6) is 0.253. The summed E-state index contributed by atoms with van der Waals surface area (Å²) in [5.41, 5.74) is 11.3. The smallest absolute Gasteiger partial charge is 0.236 e. The molecule has 0 spiro atoms. The zero-order valence-electron chi connectivity index (χ0n) is 9.34. The highest BCUT2D eigenvalue weighted by Gasteiger charge is 2.15. The number of hydrogen-bond donors (Lipinski definition) is 3. The summed E-state index contributed by atoms with van der Waals surface area (Å²) < 4.78 is 0. The number of hydrogen-bond acceptors (Lipinski definition) is 6. The maximum atomic E-state index is 11.0. The minimum absolute atomic E-state index is 0.0766. The lowest BCUT2D eigenvalue weighted by molar-refractivity contribution is -0.116. The molecule has 8 heteroatoms. The van der Waals surface area contributed by atoms with Crippen LogP contribution in [0.15, 0.2) is 6.20 Å². The van der Waals surface area contributed by atoms with E-state index >= 15 is 0 Å². The third kappa shape index (κ3) is 2.10. The topological polar surface area (TPSA) is 127 Å². The first kappa shape index (κ1) is 11.1. The number of carbonyl (C=O) groups excluding carboxylic acids is 1. The van der Waals surface area contributed by atoms with Gasteiger partial charge in [0.05, 0.1) is 18.1 Å². The monoisotopic (exact) mass is 235 g/mol. The molecule has 0 unspecified atom stereocenters. The molecular weight excluding hydrogens is 222 g/mol. The molecule has 8 nitrogen and oxygen atoms in total. The molecule has 0 saturated heterocycles. The van der Waals surface area contributed by atoms with E-state index in [4.69, 9.17) is 11.5 Å². The van der Waals surface area contributed by atoms with Crippen LogP contribution in [-0.2, 0) is 4.79 Å². The summed E-state index contributed by atoms with van der Waals surface area (Å²) >= 11 is 0. The molecule has 0 aromatic carbocycles. The Bertz CT molecular complexity index is 549. The zero-order valence-corrected chi connectivity index (χ0v) is 9.34. The number of amides is 1. The minimum atomic E-state index is -0.430. The van der Waals surface area contributed by atoms with Crippen molar-refractivity contribution in [3.05, 3.63) is 6.20 Å². The lowest BCUT2D eigenvalue weighted by Gasteiger charge is -2.20. The fourth-order valence-electron chi connectivity index (χ4n) is 1.60. The van der Waals surface area contributed by atoms with Crippen molar-refractivity contribution in [2.45, 2.75) is 6.92 Å². The normalized spacial score (nSPS) is 10.6. The van der Waals surface area contributed by atoms with Crippen LogP contribution in [0.3, 0.4) is 0 Å². The summed E-state index contributed by atoms with van der Waals surface area (Å²) in [6.45, 7) is 2.56. The van der Waals surface area contributed by atoms with Gasteiger partial charge in [-0.05, 0) is 6.92 Å². The highest BCUT2D eigenvalue weighted by atomic mass is 16.1. The van der Waals surface area contributed by atoms with Gasteiger partial charge in [-0.25, -0.2) is 0 Å². The Morgan fingerprint density at radius 1 is 1.53 bits per heavy atom. The highest BCUT2D eigenvalue weighted by Crippen LogP contribution is 2.22. The molecule has 90 valence electrons. The fourth-order valence-corrected chi connectivity index (χ4v) is 1.60. The molecule has 0 atom stereocenters. The minimum Gasteiger partial charge on any atom is -0.368 e. The van der Waals surface area contributed by atoms with E-state index in [1.165, 1.54) is 0 Å². The SMILES string of the molecule is CCN(CC(N)=O)c1nc(N)nc2[nH]ncc12. The Hall–Kier alpha value is -2.38. The number of anilines is 2. The number of nitrogens with one attached hydrogen (secondary N) is 1. The number of H-pyrrole nitrogens is 1. The molecule has 1 amide bonds. The second kappa shape index (κ2) is 4.24. The van der Waals surface area contributed by atoms with Crippen LogP contribution in [0, 0.1) is 0 Å². The second-order valence-corrected chi connectivity index (χ2v) is 3.52. The molecule has 5 N–H and O–H groups in total. The number of rotatable bonds is 4. The maximum Gasteiger partial charge on any atom is 0.236 e. The average Bonchev–Trinajstić information content (AvgIpc) is 2.72. The molecule has 0 aliphatic carbocycles. The molecule has 2 heterocycles. The third-order valence-corrected chi connectivity index (χ3v) is 2.33. The van der Waals surface area contributed by atoms with Crippen molar-refractivity contribution in [3.63, 3.8) is 0 Å². The molecule has 0 aliphatic heterocycles. The number of nitrogens with two attached hydrogens (primary N) is 2. The van der Waals surface area contributed by atoms with E-state index in [1.54, 1.807) is 11.1 Å². The maximum absolute atomic E-state index is 11.0. The number of carbonyl (C=O) groups is 1. The summed E-state index contributed by atoms with van der Waals surface area (Å²) in [5, 5.41) is 7.29. The second-order valence-electron chi connectivity index (χ2n) is 3.52. The molecule has 0 saturated carbocycles. The molecule has 0 fully saturated rings. The van der Waals surface area contributed by atoms with E-state index in [0.717, 1.165) is 0 Å². The molecule has 2 aromatic heterocycles. The largest absolute Gasteiger partial charge is 0.368 e. The standard InChI is InChI=1S/C9H13N7O/c1-2-16(4-6(10)17)8-5-3-12-15-7(5)13-9(11)14-8/h3H,2,4H2,1H3,(H2,10,17)(H3,11,12,13,14,15). The first-order valence-electron chi connectivity index (χ1n) is 5.11. The van der Waals surface area contributed by atoms with Gasteiger partial charge < -0.3 is 16.4 Å². The van der Waals surface area contributed by atoms with Gasteiger partial charge in [0.1, 0.15) is 5.82 Å². The van der Waals surface area contributed by atoms with Gasteiger partial charge in [-0.2, -0.15) is 15.1 Å². The number of aromatic nitrogens is 4. The van der Waals surface area contributed by atoms with Crippen LogP contribution in [-0.4, -0.2) is 39.2 Å². The van der Waals surface area contributed by atoms with E-state index in [2.05, 4.69) is 20.2 Å². The number of aromatic amines is 1. The first-order chi connectivity index (χ1) is 8.11. The van der Waals surface area contributed by atoms with E-state index in [9.17, 15) is 4.79 Å². The van der Waals surface area contributed by atoms with Crippen LogP contribution in [0.2, 0.25) is 0 Å². The van der Waals surface area contributed by atoms with Gasteiger partial charge in [-0.3, -0.25) is 9.89 Å². The van der Waals surface area contributed by atoms with Gasteiger partial charge in [0.2, 0.25) is 11.9 Å². The molecule has 2 rings (SSSR count). The van der Waals surface area contributed by atoms with Crippen LogP contribution in [0.1, 0.15) is 6.92 Å². The van der Waals surface area contributed by atoms with E-state index < -0.39 is 5.91 Å². The lowest BCUT2D eigenvalue weighted by Crippen LogP contribution is -2.34. The number of primary amides is 1. The number of likely N-dealkylation sites (N-methyl/N-ethyl adjacent to an activating group) is 1. The van der Waals surface area contributed by atoms with Gasteiger partial charge in [0.25, 0.3) is 0 Å². The number of fused-ring (bicyclic) bond motifs is 1. The van der Waals surface area contributed by atoms with Crippen molar-refractivity contribution < 1.29 is 4.79 Å². The van der Waals surface area contributed by atoms with Crippen molar-refractivity contribution in [3.8, 4) is 0 Å². The zero-order chi connectivity index (χ0) is 12.4. The molecule has 17 heavy (non-hydrogen) atoms. The van der Waals surface area contributed by atoms with Crippen molar-refractivity contribution in [1.29, 1.82) is 0 Å². The third-order valence-electron chi connectivity index (χ3n) is 2.33. The molecular formula is C9H13N7O. The number of nitrogens with zero attached hydrogens (tertiary/aromatic N) is 4. The van der Waals surface area contributed by atoms with Gasteiger partial charge in [0.15, 0.2) is 5.65 Å². The average molecular weight is 235 g/mol. The predicted octanol–water partition coefficient (Wildman–Crippen LogP) is -0.753. The summed E-state index contributed by atoms with van der Waals surface area (Å²) in [6, 6.07) is 0. The molecule has 0 bridgehead atoms. The molecule has 0 radical (unpaired) electrons. The summed E-state index contributed by atoms with van der Waals surface area (Å²) in [7, 11) is 0. The molecule has 2 aromatic rings. The van der Waals surface area contributed by atoms with Crippen LogP contribution >= 0.6 is 0 Å². The van der Waals surface area contributed by atoms with E-state index in [-0.39, 0.29) is 12.5 Å². The highest BCUT2D eigenvalue weighted by molar-refractivity contribution is 5.89. The van der Waals surface area contributed by atoms with Gasteiger partial charge >= 0.3 is 0 Å². The Morgan fingerprint density at radius 2 is 2.29 bits per heavy atom. The summed E-state index contributed by atoms with van der Waals surface area (Å²) in [4.78, 5) is 20.8. The van der Waals surface area contributed by atoms with Gasteiger partial charge in [0, 0.05) is 6.54 Å². The molecule has 0 aliphatic rings. The quantitative estimate of drug-likeness (QED) is 0.639. The Kier molecular flexibility index (Phi) is 2.77. The van der Waals surface area contributed by atoms with Gasteiger partial charge in [-0.15, -0.1) is 0 Å². The summed E-state index contributed by atoms with van der Waals surface area (Å²) in [6.07, 6.45) is 1.59. The van der Waals surface area contributed by atoms with Crippen molar-refractivity contribution >= 4 is 28.7 Å². The Labute approximate surface area is 97.0 Å².